The van der Waals surface area contributed by atoms with E-state index in [-0.39, 0.29) is 0 Å². The van der Waals surface area contributed by atoms with Crippen molar-refractivity contribution in [3.05, 3.63) is 188 Å². The lowest BCUT2D eigenvalue weighted by molar-refractivity contribution is 0.670. The van der Waals surface area contributed by atoms with Gasteiger partial charge in [-0.1, -0.05) is 146 Å². The number of rotatable bonds is 5. The molecular formula is C48H31NO. The predicted octanol–water partition coefficient (Wildman–Crippen LogP) is 13.8. The van der Waals surface area contributed by atoms with Crippen molar-refractivity contribution in [3.63, 3.8) is 0 Å². The van der Waals surface area contributed by atoms with Crippen molar-refractivity contribution in [3.8, 4) is 22.3 Å². The lowest BCUT2D eigenvalue weighted by Gasteiger charge is -2.27. The van der Waals surface area contributed by atoms with E-state index in [9.17, 15) is 0 Å². The Morgan fingerprint density at radius 2 is 0.980 bits per heavy atom. The van der Waals surface area contributed by atoms with Crippen molar-refractivity contribution in [1.82, 2.24) is 0 Å². The summed E-state index contributed by atoms with van der Waals surface area (Å²) in [5.41, 5.74) is 9.71. The van der Waals surface area contributed by atoms with Gasteiger partial charge in [0.25, 0.3) is 0 Å². The van der Waals surface area contributed by atoms with Gasteiger partial charge in [-0.15, -0.1) is 0 Å². The smallest absolute Gasteiger partial charge is 0.143 e. The summed E-state index contributed by atoms with van der Waals surface area (Å²) in [6.45, 7) is 0. The molecule has 10 aromatic rings. The van der Waals surface area contributed by atoms with Crippen molar-refractivity contribution in [1.29, 1.82) is 0 Å². The summed E-state index contributed by atoms with van der Waals surface area (Å²) in [4.78, 5) is 2.37. The first-order chi connectivity index (χ1) is 24.8. The van der Waals surface area contributed by atoms with Crippen LogP contribution in [0.15, 0.2) is 192 Å². The summed E-state index contributed by atoms with van der Waals surface area (Å²) >= 11 is 0. The third-order valence-corrected chi connectivity index (χ3v) is 10.0. The lowest BCUT2D eigenvalue weighted by Crippen LogP contribution is -2.10. The first kappa shape index (κ1) is 28.4. The van der Waals surface area contributed by atoms with E-state index in [1.807, 2.05) is 12.1 Å². The molecule has 1 heterocycles. The Morgan fingerprint density at radius 1 is 0.340 bits per heavy atom. The molecule has 0 unspecified atom stereocenters. The minimum Gasteiger partial charge on any atom is -0.455 e. The van der Waals surface area contributed by atoms with Gasteiger partial charge < -0.3 is 9.32 Å². The van der Waals surface area contributed by atoms with Crippen LogP contribution in [-0.4, -0.2) is 0 Å². The maximum Gasteiger partial charge on any atom is 0.143 e. The quantitative estimate of drug-likeness (QED) is 0.175. The number of nitrogens with zero attached hydrogens (tertiary/aromatic N) is 1. The maximum absolute atomic E-state index is 6.40. The number of hydrogen-bond acceptors (Lipinski definition) is 2. The monoisotopic (exact) mass is 637 g/mol. The predicted molar refractivity (Wildman–Crippen MR) is 212 cm³/mol. The average Bonchev–Trinajstić information content (AvgIpc) is 3.57. The van der Waals surface area contributed by atoms with Crippen LogP contribution in [0.4, 0.5) is 17.1 Å². The molecule has 10 rings (SSSR count). The van der Waals surface area contributed by atoms with Gasteiger partial charge in [-0.2, -0.15) is 0 Å². The van der Waals surface area contributed by atoms with Gasteiger partial charge in [0.1, 0.15) is 11.2 Å². The minimum atomic E-state index is 0.910. The van der Waals surface area contributed by atoms with Crippen LogP contribution in [-0.2, 0) is 0 Å². The van der Waals surface area contributed by atoms with Crippen molar-refractivity contribution in [2.24, 2.45) is 0 Å². The highest BCUT2D eigenvalue weighted by Crippen LogP contribution is 2.42. The van der Waals surface area contributed by atoms with Gasteiger partial charge in [0.15, 0.2) is 0 Å². The van der Waals surface area contributed by atoms with E-state index in [4.69, 9.17) is 4.42 Å². The summed E-state index contributed by atoms with van der Waals surface area (Å²) in [5, 5.41) is 9.85. The highest BCUT2D eigenvalue weighted by atomic mass is 16.3. The molecule has 0 saturated heterocycles. The van der Waals surface area contributed by atoms with Gasteiger partial charge in [0.05, 0.1) is 0 Å². The molecule has 0 aliphatic heterocycles. The fourth-order valence-electron chi connectivity index (χ4n) is 7.63. The van der Waals surface area contributed by atoms with Crippen LogP contribution in [0.1, 0.15) is 0 Å². The molecule has 2 nitrogen and oxygen atoms in total. The van der Waals surface area contributed by atoms with Crippen molar-refractivity contribution < 1.29 is 4.42 Å². The number of fused-ring (bicyclic) bond motifs is 8. The molecule has 0 N–H and O–H groups in total. The number of hydrogen-bond donors (Lipinski definition) is 0. The molecule has 2 heteroatoms. The fraction of sp³-hybridized carbons (Fsp3) is 0. The van der Waals surface area contributed by atoms with Crippen LogP contribution in [0.5, 0.6) is 0 Å². The third-order valence-electron chi connectivity index (χ3n) is 10.0. The second-order valence-corrected chi connectivity index (χ2v) is 12.9. The summed E-state index contributed by atoms with van der Waals surface area (Å²) in [7, 11) is 0. The summed E-state index contributed by atoms with van der Waals surface area (Å²) in [5.74, 6) is 0. The van der Waals surface area contributed by atoms with Gasteiger partial charge in [0, 0.05) is 33.4 Å². The molecule has 234 valence electrons. The molecule has 0 atom stereocenters. The van der Waals surface area contributed by atoms with Crippen molar-refractivity contribution >= 4 is 71.3 Å². The molecule has 0 aliphatic rings. The summed E-state index contributed by atoms with van der Waals surface area (Å²) in [6, 6.07) is 67.5. The molecule has 0 radical (unpaired) electrons. The lowest BCUT2D eigenvalue weighted by atomic mass is 9.96. The SMILES string of the molecule is c1ccc(-c2cccc(N(c3ccc(-c4cccc5c4oc4ccccc45)cc3)c3ccc4c(ccc5ccc6ccccc6c54)c3)c2)cc1. The molecule has 0 bridgehead atoms. The van der Waals surface area contributed by atoms with Crippen LogP contribution in [0, 0.1) is 0 Å². The van der Waals surface area contributed by atoms with Gasteiger partial charge in [-0.05, 0) is 91.5 Å². The highest BCUT2D eigenvalue weighted by Gasteiger charge is 2.17. The number of furan rings is 1. The number of anilines is 3. The van der Waals surface area contributed by atoms with E-state index >= 15 is 0 Å². The van der Waals surface area contributed by atoms with E-state index in [0.717, 1.165) is 50.1 Å². The Hall–Kier alpha value is -6.64. The van der Waals surface area contributed by atoms with Crippen LogP contribution in [0.2, 0.25) is 0 Å². The second kappa shape index (κ2) is 11.5. The Morgan fingerprint density at radius 3 is 1.86 bits per heavy atom. The Bertz CT molecular complexity index is 2870. The first-order valence-corrected chi connectivity index (χ1v) is 17.1. The Balaban J connectivity index is 1.13. The van der Waals surface area contributed by atoms with Crippen LogP contribution < -0.4 is 4.90 Å². The normalized spacial score (nSPS) is 11.6. The molecule has 0 aliphatic carbocycles. The van der Waals surface area contributed by atoms with Gasteiger partial charge >= 0.3 is 0 Å². The molecule has 0 saturated carbocycles. The summed E-state index contributed by atoms with van der Waals surface area (Å²) < 4.78 is 6.40. The van der Waals surface area contributed by atoms with Gasteiger partial charge in [0.2, 0.25) is 0 Å². The Kier molecular flexibility index (Phi) is 6.53. The van der Waals surface area contributed by atoms with Gasteiger partial charge in [-0.25, -0.2) is 0 Å². The number of para-hydroxylation sites is 2. The molecule has 0 amide bonds. The van der Waals surface area contributed by atoms with Gasteiger partial charge in [-0.3, -0.25) is 0 Å². The minimum absolute atomic E-state index is 0.910. The molecule has 0 fully saturated rings. The Labute approximate surface area is 290 Å². The summed E-state index contributed by atoms with van der Waals surface area (Å²) in [6.07, 6.45) is 0. The maximum atomic E-state index is 6.40. The van der Waals surface area contributed by atoms with E-state index < -0.39 is 0 Å². The molecular weight excluding hydrogens is 607 g/mol. The molecule has 0 spiro atoms. The second-order valence-electron chi connectivity index (χ2n) is 12.9. The molecule has 50 heavy (non-hydrogen) atoms. The first-order valence-electron chi connectivity index (χ1n) is 17.1. The zero-order chi connectivity index (χ0) is 33.0. The standard InChI is InChI=1S/C48H31NO/c1-2-10-32(11-3-1)36-13-8-14-39(30-36)49(40-28-29-42-37(31-40)23-22-35-21-20-33-12-4-5-15-41(33)47(35)42)38-26-24-34(25-27-38)43-17-9-18-45-44-16-6-7-19-46(44)50-48(43)45/h1-31H. The van der Waals surface area contributed by atoms with E-state index in [0.29, 0.717) is 0 Å². The zero-order valence-corrected chi connectivity index (χ0v) is 27.3. The van der Waals surface area contributed by atoms with Crippen molar-refractivity contribution in [2.75, 3.05) is 4.90 Å². The van der Waals surface area contributed by atoms with E-state index in [1.165, 1.54) is 43.4 Å². The number of benzene rings is 9. The largest absolute Gasteiger partial charge is 0.455 e. The third kappa shape index (κ3) is 4.65. The van der Waals surface area contributed by atoms with Crippen LogP contribution in [0.3, 0.4) is 0 Å². The van der Waals surface area contributed by atoms with E-state index in [1.54, 1.807) is 0 Å². The molecule has 9 aromatic carbocycles. The van der Waals surface area contributed by atoms with Crippen LogP contribution >= 0.6 is 0 Å². The highest BCUT2D eigenvalue weighted by molar-refractivity contribution is 6.20. The zero-order valence-electron chi connectivity index (χ0n) is 27.3. The average molecular weight is 638 g/mol. The molecule has 1 aromatic heterocycles. The topological polar surface area (TPSA) is 16.4 Å². The van der Waals surface area contributed by atoms with E-state index in [2.05, 4.69) is 181 Å². The van der Waals surface area contributed by atoms with Crippen molar-refractivity contribution in [2.45, 2.75) is 0 Å². The fourth-order valence-corrected chi connectivity index (χ4v) is 7.63. The van der Waals surface area contributed by atoms with Crippen LogP contribution in [0.25, 0.3) is 76.5 Å².